The Morgan fingerprint density at radius 2 is 2.05 bits per heavy atom. The Morgan fingerprint density at radius 3 is 2.67 bits per heavy atom. The van der Waals surface area contributed by atoms with E-state index in [4.69, 9.17) is 10.3 Å². The third-order valence-electron chi connectivity index (χ3n) is 3.43. The van der Waals surface area contributed by atoms with E-state index in [-0.39, 0.29) is 23.2 Å². The quantitative estimate of drug-likeness (QED) is 0.932. The van der Waals surface area contributed by atoms with Crippen LogP contribution in [0.5, 0.6) is 0 Å². The predicted molar refractivity (Wildman–Crippen MR) is 71.1 cm³/mol. The number of benzene rings is 1. The average Bonchev–Trinajstić information content (AvgIpc) is 2.94. The van der Waals surface area contributed by atoms with Crippen molar-refractivity contribution in [3.63, 3.8) is 0 Å². The fourth-order valence-electron chi connectivity index (χ4n) is 1.82. The van der Waals surface area contributed by atoms with Gasteiger partial charge in [-0.1, -0.05) is 37.6 Å². The van der Waals surface area contributed by atoms with E-state index in [0.717, 1.165) is 18.6 Å². The van der Waals surface area contributed by atoms with Crippen molar-refractivity contribution in [2.45, 2.75) is 32.5 Å². The first-order chi connectivity index (χ1) is 9.82. The molecule has 4 nitrogen and oxygen atoms in total. The first kappa shape index (κ1) is 15.5. The number of hydrogen-bond acceptors (Lipinski definition) is 4. The molecule has 21 heavy (non-hydrogen) atoms. The second kappa shape index (κ2) is 5.85. The second-order valence-electron chi connectivity index (χ2n) is 4.95. The fraction of sp³-hybridized carbons (Fsp3) is 0.429. The second-order valence-corrected chi connectivity index (χ2v) is 4.95. The Morgan fingerprint density at radius 1 is 1.33 bits per heavy atom. The highest BCUT2D eigenvalue weighted by atomic mass is 19.4. The van der Waals surface area contributed by atoms with Crippen LogP contribution in [0.15, 0.2) is 28.8 Å². The summed E-state index contributed by atoms with van der Waals surface area (Å²) in [7, 11) is 0. The number of rotatable bonds is 4. The lowest BCUT2D eigenvalue weighted by molar-refractivity contribution is -0.137. The minimum Gasteiger partial charge on any atom is -0.337 e. The van der Waals surface area contributed by atoms with Crippen molar-refractivity contribution < 1.29 is 17.7 Å². The predicted octanol–water partition coefficient (Wildman–Crippen LogP) is 3.80. The summed E-state index contributed by atoms with van der Waals surface area (Å²) in [5.41, 5.74) is 5.46. The molecule has 0 unspecified atom stereocenters. The Kier molecular flexibility index (Phi) is 4.32. The van der Waals surface area contributed by atoms with E-state index in [9.17, 15) is 13.2 Å². The number of alkyl halides is 3. The molecule has 2 aromatic rings. The fourth-order valence-corrected chi connectivity index (χ4v) is 1.82. The van der Waals surface area contributed by atoms with Crippen LogP contribution in [0, 0.1) is 5.92 Å². The lowest BCUT2D eigenvalue weighted by Crippen LogP contribution is -2.18. The monoisotopic (exact) mass is 299 g/mol. The van der Waals surface area contributed by atoms with Gasteiger partial charge in [-0.15, -0.1) is 0 Å². The zero-order chi connectivity index (χ0) is 15.6. The van der Waals surface area contributed by atoms with Crippen molar-refractivity contribution in [2.24, 2.45) is 11.7 Å². The molecule has 7 heteroatoms. The molecule has 114 valence electrons. The summed E-state index contributed by atoms with van der Waals surface area (Å²) in [6.45, 7) is 3.92. The topological polar surface area (TPSA) is 64.9 Å². The Hall–Kier alpha value is -1.89. The third-order valence-corrected chi connectivity index (χ3v) is 3.43. The van der Waals surface area contributed by atoms with Gasteiger partial charge >= 0.3 is 6.18 Å². The molecule has 1 aromatic heterocycles. The summed E-state index contributed by atoms with van der Waals surface area (Å²) in [5, 5.41) is 3.71. The zero-order valence-electron chi connectivity index (χ0n) is 11.7. The van der Waals surface area contributed by atoms with Crippen molar-refractivity contribution >= 4 is 0 Å². The maximum Gasteiger partial charge on any atom is 0.416 e. The lowest BCUT2D eigenvalue weighted by atomic mass is 10.0. The van der Waals surface area contributed by atoms with Gasteiger partial charge in [-0.05, 0) is 18.1 Å². The highest BCUT2D eigenvalue weighted by Crippen LogP contribution is 2.32. The molecule has 0 bridgehead atoms. The van der Waals surface area contributed by atoms with Gasteiger partial charge in [0.1, 0.15) is 0 Å². The Labute approximate surface area is 120 Å². The number of halogens is 3. The molecule has 1 heterocycles. The van der Waals surface area contributed by atoms with Crippen molar-refractivity contribution in [2.75, 3.05) is 0 Å². The van der Waals surface area contributed by atoms with Crippen molar-refractivity contribution in [1.82, 2.24) is 10.1 Å². The van der Waals surface area contributed by atoms with Crippen LogP contribution >= 0.6 is 0 Å². The van der Waals surface area contributed by atoms with E-state index in [2.05, 4.69) is 10.1 Å². The highest BCUT2D eigenvalue weighted by molar-refractivity contribution is 5.55. The molecule has 2 N–H and O–H groups in total. The molecular formula is C14H16F3N3O. The normalized spacial score (nSPS) is 15.0. The number of hydrogen-bond donors (Lipinski definition) is 1. The molecule has 0 amide bonds. The largest absolute Gasteiger partial charge is 0.416 e. The van der Waals surface area contributed by atoms with Gasteiger partial charge in [0.15, 0.2) is 0 Å². The van der Waals surface area contributed by atoms with Crippen LogP contribution < -0.4 is 5.73 Å². The average molecular weight is 299 g/mol. The molecule has 0 fully saturated rings. The van der Waals surface area contributed by atoms with Gasteiger partial charge < -0.3 is 10.3 Å². The van der Waals surface area contributed by atoms with Gasteiger partial charge in [-0.2, -0.15) is 18.2 Å². The SMILES string of the molecule is CC[C@H](C)[C@H](N)c1nc(-c2cccc(C(F)(F)F)c2)no1. The van der Waals surface area contributed by atoms with Crippen LogP contribution in [0.25, 0.3) is 11.4 Å². The molecule has 2 rings (SSSR count). The van der Waals surface area contributed by atoms with Crippen LogP contribution in [0.3, 0.4) is 0 Å². The zero-order valence-corrected chi connectivity index (χ0v) is 11.7. The minimum absolute atomic E-state index is 0.106. The summed E-state index contributed by atoms with van der Waals surface area (Å²) >= 11 is 0. The Bertz CT molecular complexity index is 610. The molecule has 0 saturated carbocycles. The van der Waals surface area contributed by atoms with Gasteiger partial charge in [-0.25, -0.2) is 0 Å². The van der Waals surface area contributed by atoms with Crippen LogP contribution in [0.4, 0.5) is 13.2 Å². The summed E-state index contributed by atoms with van der Waals surface area (Å²) in [4.78, 5) is 4.10. The standard InChI is InChI=1S/C14H16F3N3O/c1-3-8(2)11(18)13-19-12(20-21-13)9-5-4-6-10(7-9)14(15,16)17/h4-8,11H,3,18H2,1-2H3/t8-,11-/m0/s1. The van der Waals surface area contributed by atoms with E-state index in [1.807, 2.05) is 13.8 Å². The number of nitrogens with zero attached hydrogens (tertiary/aromatic N) is 2. The first-order valence-electron chi connectivity index (χ1n) is 6.59. The molecule has 0 saturated heterocycles. The third kappa shape index (κ3) is 3.41. The molecular weight excluding hydrogens is 283 g/mol. The van der Waals surface area contributed by atoms with Gasteiger partial charge in [0.2, 0.25) is 11.7 Å². The molecule has 1 aromatic carbocycles. The van der Waals surface area contributed by atoms with Gasteiger partial charge in [-0.3, -0.25) is 0 Å². The van der Waals surface area contributed by atoms with Crippen LogP contribution in [-0.2, 0) is 6.18 Å². The lowest BCUT2D eigenvalue weighted by Gasteiger charge is -2.13. The maximum absolute atomic E-state index is 12.7. The summed E-state index contributed by atoms with van der Waals surface area (Å²) in [6, 6.07) is 4.36. The molecule has 0 aliphatic rings. The van der Waals surface area contributed by atoms with Crippen LogP contribution in [-0.4, -0.2) is 10.1 Å². The number of nitrogens with two attached hydrogens (primary N) is 1. The van der Waals surface area contributed by atoms with Crippen molar-refractivity contribution in [3.05, 3.63) is 35.7 Å². The number of aromatic nitrogens is 2. The van der Waals surface area contributed by atoms with E-state index in [0.29, 0.717) is 0 Å². The highest BCUT2D eigenvalue weighted by Gasteiger charge is 2.31. The maximum atomic E-state index is 12.7. The van der Waals surface area contributed by atoms with Crippen molar-refractivity contribution in [1.29, 1.82) is 0 Å². The van der Waals surface area contributed by atoms with Crippen LogP contribution in [0.1, 0.15) is 37.8 Å². The molecule has 2 atom stereocenters. The Balaban J connectivity index is 2.30. The van der Waals surface area contributed by atoms with E-state index in [1.165, 1.54) is 12.1 Å². The van der Waals surface area contributed by atoms with Gasteiger partial charge in [0.05, 0.1) is 11.6 Å². The van der Waals surface area contributed by atoms with Gasteiger partial charge in [0.25, 0.3) is 0 Å². The van der Waals surface area contributed by atoms with Gasteiger partial charge in [0, 0.05) is 5.56 Å². The first-order valence-corrected chi connectivity index (χ1v) is 6.59. The van der Waals surface area contributed by atoms with E-state index < -0.39 is 17.8 Å². The molecule has 0 radical (unpaired) electrons. The smallest absolute Gasteiger partial charge is 0.337 e. The molecule has 0 spiro atoms. The molecule has 0 aliphatic carbocycles. The van der Waals surface area contributed by atoms with E-state index >= 15 is 0 Å². The van der Waals surface area contributed by atoms with Crippen LogP contribution in [0.2, 0.25) is 0 Å². The van der Waals surface area contributed by atoms with Crippen molar-refractivity contribution in [3.8, 4) is 11.4 Å². The summed E-state index contributed by atoms with van der Waals surface area (Å²) < 4.78 is 43.1. The minimum atomic E-state index is -4.41. The van der Waals surface area contributed by atoms with E-state index in [1.54, 1.807) is 0 Å². The molecule has 0 aliphatic heterocycles. The summed E-state index contributed by atoms with van der Waals surface area (Å²) in [5.74, 6) is 0.478. The summed E-state index contributed by atoms with van der Waals surface area (Å²) in [6.07, 6.45) is -3.57.